The second-order valence-electron chi connectivity index (χ2n) is 4.89. The van der Waals surface area contributed by atoms with E-state index >= 15 is 0 Å². The Morgan fingerprint density at radius 1 is 1.10 bits per heavy atom. The monoisotopic (exact) mass is 345 g/mol. The van der Waals surface area contributed by atoms with Crippen LogP contribution < -0.4 is 0 Å². The molecule has 0 amide bonds. The lowest BCUT2D eigenvalue weighted by Crippen LogP contribution is -2.05. The van der Waals surface area contributed by atoms with Crippen molar-refractivity contribution < 1.29 is 9.50 Å². The van der Waals surface area contributed by atoms with Crippen LogP contribution in [0.15, 0.2) is 59.1 Å². The van der Waals surface area contributed by atoms with Crippen LogP contribution in [-0.2, 0) is 6.42 Å². The molecule has 1 aromatic heterocycles. The first-order valence-corrected chi connectivity index (χ1v) is 7.40. The standard InChI is InChI=1S/C17H13BrFNO/c18-14-10-12-3-1-2-4-15(12)20-17(14)16(21)9-11-5-7-13(19)8-6-11/h1-8,10,16,21H,9H2. The molecular formula is C17H13BrFNO. The molecule has 0 aliphatic carbocycles. The highest BCUT2D eigenvalue weighted by Gasteiger charge is 2.15. The van der Waals surface area contributed by atoms with Crippen LogP contribution >= 0.6 is 15.9 Å². The first kappa shape index (κ1) is 14.2. The number of fused-ring (bicyclic) bond motifs is 1. The fraction of sp³-hybridized carbons (Fsp3) is 0.118. The zero-order valence-electron chi connectivity index (χ0n) is 11.1. The third kappa shape index (κ3) is 3.12. The van der Waals surface area contributed by atoms with Crippen LogP contribution in [0.2, 0.25) is 0 Å². The summed E-state index contributed by atoms with van der Waals surface area (Å²) in [4.78, 5) is 4.52. The third-order valence-electron chi connectivity index (χ3n) is 3.36. The van der Waals surface area contributed by atoms with Gasteiger partial charge in [0.05, 0.1) is 11.2 Å². The predicted molar refractivity (Wildman–Crippen MR) is 84.5 cm³/mol. The Morgan fingerprint density at radius 2 is 1.81 bits per heavy atom. The minimum absolute atomic E-state index is 0.279. The normalized spacial score (nSPS) is 12.5. The van der Waals surface area contributed by atoms with Gasteiger partial charge in [0, 0.05) is 16.3 Å². The number of rotatable bonds is 3. The number of hydrogen-bond donors (Lipinski definition) is 1. The van der Waals surface area contributed by atoms with Crippen molar-refractivity contribution in [1.82, 2.24) is 4.98 Å². The lowest BCUT2D eigenvalue weighted by atomic mass is 10.0. The van der Waals surface area contributed by atoms with Gasteiger partial charge in [-0.3, -0.25) is 0 Å². The number of nitrogens with zero attached hydrogens (tertiary/aromatic N) is 1. The SMILES string of the molecule is OC(Cc1ccc(F)cc1)c1nc2ccccc2cc1Br. The average Bonchev–Trinajstić information content (AvgIpc) is 2.49. The summed E-state index contributed by atoms with van der Waals surface area (Å²) >= 11 is 3.46. The van der Waals surface area contributed by atoms with E-state index in [1.165, 1.54) is 12.1 Å². The summed E-state index contributed by atoms with van der Waals surface area (Å²) in [7, 11) is 0. The van der Waals surface area contributed by atoms with Gasteiger partial charge in [0.15, 0.2) is 0 Å². The molecule has 0 aliphatic rings. The van der Waals surface area contributed by atoms with Crippen molar-refractivity contribution in [2.24, 2.45) is 0 Å². The molecule has 0 aliphatic heterocycles. The van der Waals surface area contributed by atoms with Gasteiger partial charge < -0.3 is 5.11 Å². The largest absolute Gasteiger partial charge is 0.386 e. The van der Waals surface area contributed by atoms with Crippen LogP contribution in [0, 0.1) is 5.82 Å². The Morgan fingerprint density at radius 3 is 2.57 bits per heavy atom. The van der Waals surface area contributed by atoms with Crippen molar-refractivity contribution in [3.05, 3.63) is 76.1 Å². The van der Waals surface area contributed by atoms with Crippen molar-refractivity contribution in [3.8, 4) is 0 Å². The zero-order valence-corrected chi connectivity index (χ0v) is 12.7. The molecule has 1 heterocycles. The molecule has 0 radical (unpaired) electrons. The molecule has 3 aromatic rings. The van der Waals surface area contributed by atoms with Crippen LogP contribution in [0.4, 0.5) is 4.39 Å². The molecule has 2 aromatic carbocycles. The van der Waals surface area contributed by atoms with Crippen LogP contribution in [-0.4, -0.2) is 10.1 Å². The van der Waals surface area contributed by atoms with Gasteiger partial charge in [-0.15, -0.1) is 0 Å². The Hall–Kier alpha value is -1.78. The number of aliphatic hydroxyl groups is 1. The molecule has 0 saturated heterocycles. The number of aliphatic hydroxyl groups excluding tert-OH is 1. The minimum atomic E-state index is -0.741. The van der Waals surface area contributed by atoms with E-state index in [9.17, 15) is 9.50 Å². The zero-order chi connectivity index (χ0) is 14.8. The van der Waals surface area contributed by atoms with E-state index in [1.54, 1.807) is 12.1 Å². The first-order valence-electron chi connectivity index (χ1n) is 6.61. The highest BCUT2D eigenvalue weighted by Crippen LogP contribution is 2.28. The van der Waals surface area contributed by atoms with Gasteiger partial charge in [-0.1, -0.05) is 30.3 Å². The summed E-state index contributed by atoms with van der Waals surface area (Å²) in [6.07, 6.45) is -0.348. The quantitative estimate of drug-likeness (QED) is 0.762. The maximum Gasteiger partial charge on any atom is 0.123 e. The van der Waals surface area contributed by atoms with Crippen molar-refractivity contribution in [1.29, 1.82) is 0 Å². The number of benzene rings is 2. The second-order valence-corrected chi connectivity index (χ2v) is 5.75. The minimum Gasteiger partial charge on any atom is -0.386 e. The summed E-state index contributed by atoms with van der Waals surface area (Å²) in [6, 6.07) is 15.8. The van der Waals surface area contributed by atoms with Crippen molar-refractivity contribution in [2.45, 2.75) is 12.5 Å². The molecule has 2 nitrogen and oxygen atoms in total. The molecule has 1 unspecified atom stereocenters. The molecule has 1 N–H and O–H groups in total. The van der Waals surface area contributed by atoms with E-state index in [0.29, 0.717) is 12.1 Å². The number of para-hydroxylation sites is 1. The third-order valence-corrected chi connectivity index (χ3v) is 4.00. The maximum atomic E-state index is 12.9. The summed E-state index contributed by atoms with van der Waals surface area (Å²) in [5.41, 5.74) is 2.30. The highest BCUT2D eigenvalue weighted by molar-refractivity contribution is 9.10. The Labute approximate surface area is 130 Å². The number of hydrogen-bond acceptors (Lipinski definition) is 2. The smallest absolute Gasteiger partial charge is 0.123 e. The molecule has 0 spiro atoms. The lowest BCUT2D eigenvalue weighted by Gasteiger charge is -2.13. The Bertz CT molecular complexity index is 773. The van der Waals surface area contributed by atoms with Gasteiger partial charge in [0.1, 0.15) is 11.9 Å². The molecule has 3 rings (SSSR count). The second kappa shape index (κ2) is 5.92. The number of aromatic nitrogens is 1. The molecule has 0 bridgehead atoms. The van der Waals surface area contributed by atoms with Crippen LogP contribution in [0.1, 0.15) is 17.4 Å². The van der Waals surface area contributed by atoms with Crippen LogP contribution in [0.3, 0.4) is 0 Å². The maximum absolute atomic E-state index is 12.9. The van der Waals surface area contributed by atoms with Crippen LogP contribution in [0.25, 0.3) is 10.9 Å². The van der Waals surface area contributed by atoms with E-state index < -0.39 is 6.10 Å². The van der Waals surface area contributed by atoms with E-state index in [1.807, 2.05) is 30.3 Å². The van der Waals surface area contributed by atoms with Gasteiger partial charge in [0.25, 0.3) is 0 Å². The first-order chi connectivity index (χ1) is 10.1. The van der Waals surface area contributed by atoms with Crippen molar-refractivity contribution in [3.63, 3.8) is 0 Å². The molecule has 21 heavy (non-hydrogen) atoms. The van der Waals surface area contributed by atoms with E-state index in [2.05, 4.69) is 20.9 Å². The number of pyridine rings is 1. The molecule has 0 fully saturated rings. The van der Waals surface area contributed by atoms with Gasteiger partial charge in [-0.25, -0.2) is 9.37 Å². The van der Waals surface area contributed by atoms with Gasteiger partial charge in [-0.2, -0.15) is 0 Å². The molecule has 1 atom stereocenters. The summed E-state index contributed by atoms with van der Waals surface area (Å²) in [6.45, 7) is 0. The summed E-state index contributed by atoms with van der Waals surface area (Å²) in [5, 5.41) is 11.4. The molecule has 4 heteroatoms. The fourth-order valence-electron chi connectivity index (χ4n) is 2.28. The molecular weight excluding hydrogens is 333 g/mol. The Balaban J connectivity index is 1.91. The van der Waals surface area contributed by atoms with Crippen molar-refractivity contribution in [2.75, 3.05) is 0 Å². The highest BCUT2D eigenvalue weighted by atomic mass is 79.9. The van der Waals surface area contributed by atoms with Crippen LogP contribution in [0.5, 0.6) is 0 Å². The number of halogens is 2. The van der Waals surface area contributed by atoms with E-state index in [4.69, 9.17) is 0 Å². The summed E-state index contributed by atoms with van der Waals surface area (Å²) < 4.78 is 13.7. The van der Waals surface area contributed by atoms with Gasteiger partial charge in [0.2, 0.25) is 0 Å². The summed E-state index contributed by atoms with van der Waals surface area (Å²) in [5.74, 6) is -0.279. The van der Waals surface area contributed by atoms with E-state index in [-0.39, 0.29) is 5.82 Å². The fourth-order valence-corrected chi connectivity index (χ4v) is 2.88. The Kier molecular flexibility index (Phi) is 3.99. The topological polar surface area (TPSA) is 33.1 Å². The lowest BCUT2D eigenvalue weighted by molar-refractivity contribution is 0.173. The average molecular weight is 346 g/mol. The predicted octanol–water partition coefficient (Wildman–Crippen LogP) is 4.41. The van der Waals surface area contributed by atoms with Crippen molar-refractivity contribution >= 4 is 26.8 Å². The van der Waals surface area contributed by atoms with Gasteiger partial charge >= 0.3 is 0 Å². The van der Waals surface area contributed by atoms with E-state index in [0.717, 1.165) is 20.9 Å². The molecule has 0 saturated carbocycles. The van der Waals surface area contributed by atoms with Gasteiger partial charge in [-0.05, 0) is 45.8 Å². The molecule has 106 valence electrons.